The second-order valence-electron chi connectivity index (χ2n) is 15.3. The van der Waals surface area contributed by atoms with Gasteiger partial charge in [0.25, 0.3) is 0 Å². The third-order valence-electron chi connectivity index (χ3n) is 12.3. The van der Waals surface area contributed by atoms with Gasteiger partial charge in [-0.2, -0.15) is 0 Å². The highest BCUT2D eigenvalue weighted by molar-refractivity contribution is 6.10. The van der Waals surface area contributed by atoms with E-state index in [0.29, 0.717) is 0 Å². The number of aromatic nitrogens is 1. The van der Waals surface area contributed by atoms with Crippen LogP contribution in [0.5, 0.6) is 0 Å². The number of hydrogen-bond donors (Lipinski definition) is 0. The lowest BCUT2D eigenvalue weighted by Crippen LogP contribution is -2.20. The Morgan fingerprint density at radius 2 is 1.02 bits per heavy atom. The summed E-state index contributed by atoms with van der Waals surface area (Å²) in [6.07, 6.45) is 5.07. The fourth-order valence-corrected chi connectivity index (χ4v) is 9.87. The third-order valence-corrected chi connectivity index (χ3v) is 12.3. The average molecular weight is 705 g/mol. The molecule has 2 heteroatoms. The zero-order chi connectivity index (χ0) is 36.3. The molecule has 1 saturated carbocycles. The molecular weight excluding hydrogens is 665 g/mol. The molecule has 8 aromatic carbocycles. The van der Waals surface area contributed by atoms with Gasteiger partial charge in [0, 0.05) is 38.8 Å². The fourth-order valence-electron chi connectivity index (χ4n) is 9.87. The number of nitrogens with zero attached hydrogens (tertiary/aromatic N) is 2. The molecule has 11 rings (SSSR count). The molecule has 0 saturated heterocycles. The number of rotatable bonds is 6. The Labute approximate surface area is 322 Å². The molecule has 0 unspecified atom stereocenters. The number of benzene rings is 8. The smallest absolute Gasteiger partial charge is 0.0561 e. The first-order valence-corrected chi connectivity index (χ1v) is 19.6. The minimum atomic E-state index is 0.153. The van der Waals surface area contributed by atoms with Gasteiger partial charge in [0.1, 0.15) is 0 Å². The van der Waals surface area contributed by atoms with Crippen LogP contribution in [0.25, 0.3) is 60.9 Å². The Morgan fingerprint density at radius 3 is 1.84 bits per heavy atom. The maximum atomic E-state index is 2.51. The zero-order valence-electron chi connectivity index (χ0n) is 30.7. The molecule has 9 aromatic rings. The monoisotopic (exact) mass is 704 g/mol. The number of hydrogen-bond acceptors (Lipinski definition) is 1. The van der Waals surface area contributed by atoms with Gasteiger partial charge in [0.05, 0.1) is 16.7 Å². The van der Waals surface area contributed by atoms with Gasteiger partial charge in [0.15, 0.2) is 0 Å². The standard InChI is InChI=1S/C53H40N2/c1-3-15-38(16-4-1)43-19-8-11-23-50(43)54(42-30-32-47-46-21-9-12-24-51(46)55(52(47)36-42)40-17-5-2-6-18-40)41-28-25-37(26-29-41)39-27-31-45-44-20-7-10-22-48(44)53(49(45)35-39)33-13-14-34-53/h1-12,15-32,35-36H,13-14,33-34H2. The zero-order valence-corrected chi connectivity index (χ0v) is 30.7. The maximum absolute atomic E-state index is 2.51. The van der Waals surface area contributed by atoms with Crippen molar-refractivity contribution in [3.63, 3.8) is 0 Å². The lowest BCUT2D eigenvalue weighted by molar-refractivity contribution is 0.550. The van der Waals surface area contributed by atoms with Crippen molar-refractivity contribution in [1.29, 1.82) is 0 Å². The minimum Gasteiger partial charge on any atom is -0.310 e. The van der Waals surface area contributed by atoms with E-state index in [0.717, 1.165) is 22.7 Å². The molecule has 2 nitrogen and oxygen atoms in total. The molecule has 0 amide bonds. The first-order valence-electron chi connectivity index (χ1n) is 19.6. The number of fused-ring (bicyclic) bond motifs is 8. The van der Waals surface area contributed by atoms with Gasteiger partial charge in [-0.25, -0.2) is 0 Å². The van der Waals surface area contributed by atoms with E-state index < -0.39 is 0 Å². The van der Waals surface area contributed by atoms with E-state index in [9.17, 15) is 0 Å². The van der Waals surface area contributed by atoms with Crippen LogP contribution in [0.15, 0.2) is 194 Å². The number of anilines is 3. The molecule has 1 fully saturated rings. The summed E-state index contributed by atoms with van der Waals surface area (Å²) in [4.78, 5) is 2.44. The maximum Gasteiger partial charge on any atom is 0.0561 e. The largest absolute Gasteiger partial charge is 0.310 e. The summed E-state index contributed by atoms with van der Waals surface area (Å²) >= 11 is 0. The minimum absolute atomic E-state index is 0.153. The van der Waals surface area contributed by atoms with Gasteiger partial charge in [-0.15, -0.1) is 0 Å². The van der Waals surface area contributed by atoms with Crippen LogP contribution in [0.2, 0.25) is 0 Å². The van der Waals surface area contributed by atoms with Crippen LogP contribution in [-0.2, 0) is 5.41 Å². The SMILES string of the molecule is c1ccc(-c2ccccc2N(c2ccc(-c3ccc4c(c3)C3(CCCC3)c3ccccc3-4)cc2)c2ccc3c4ccccc4n(-c4ccccc4)c3c2)cc1. The summed E-state index contributed by atoms with van der Waals surface area (Å²) in [7, 11) is 0. The summed E-state index contributed by atoms with van der Waals surface area (Å²) in [5, 5.41) is 2.50. The summed E-state index contributed by atoms with van der Waals surface area (Å²) < 4.78 is 2.40. The first-order chi connectivity index (χ1) is 27.3. The van der Waals surface area contributed by atoms with Crippen molar-refractivity contribution in [1.82, 2.24) is 4.57 Å². The van der Waals surface area contributed by atoms with Crippen LogP contribution in [0.4, 0.5) is 17.1 Å². The molecule has 55 heavy (non-hydrogen) atoms. The second kappa shape index (κ2) is 12.7. The molecule has 1 heterocycles. The van der Waals surface area contributed by atoms with Crippen LogP contribution in [0.3, 0.4) is 0 Å². The quantitative estimate of drug-likeness (QED) is 0.167. The van der Waals surface area contributed by atoms with E-state index in [1.54, 1.807) is 0 Å². The predicted octanol–water partition coefficient (Wildman–Crippen LogP) is 14.4. The van der Waals surface area contributed by atoms with Crippen LogP contribution in [-0.4, -0.2) is 4.57 Å². The van der Waals surface area contributed by atoms with E-state index >= 15 is 0 Å². The Hall–Kier alpha value is -6.64. The lowest BCUT2D eigenvalue weighted by Gasteiger charge is -2.28. The predicted molar refractivity (Wildman–Crippen MR) is 231 cm³/mol. The Balaban J connectivity index is 1.07. The Kier molecular flexibility index (Phi) is 7.38. The first kappa shape index (κ1) is 31.8. The summed E-state index contributed by atoms with van der Waals surface area (Å²) in [6, 6.07) is 71.6. The van der Waals surface area contributed by atoms with Crippen LogP contribution in [0.1, 0.15) is 36.8 Å². The lowest BCUT2D eigenvalue weighted by atomic mass is 9.76. The van der Waals surface area contributed by atoms with Crippen LogP contribution < -0.4 is 4.90 Å². The summed E-state index contributed by atoms with van der Waals surface area (Å²) in [5.41, 5.74) is 17.9. The van der Waals surface area contributed by atoms with Gasteiger partial charge in [-0.05, 0) is 106 Å². The number of para-hydroxylation sites is 3. The van der Waals surface area contributed by atoms with Gasteiger partial charge >= 0.3 is 0 Å². The van der Waals surface area contributed by atoms with Gasteiger partial charge in [-0.1, -0.05) is 152 Å². The van der Waals surface area contributed by atoms with Crippen molar-refractivity contribution in [3.05, 3.63) is 205 Å². The van der Waals surface area contributed by atoms with E-state index in [-0.39, 0.29) is 5.41 Å². The van der Waals surface area contributed by atoms with Crippen LogP contribution in [0, 0.1) is 0 Å². The highest BCUT2D eigenvalue weighted by Crippen LogP contribution is 2.57. The van der Waals surface area contributed by atoms with Crippen molar-refractivity contribution in [3.8, 4) is 39.1 Å². The van der Waals surface area contributed by atoms with Gasteiger partial charge < -0.3 is 9.47 Å². The van der Waals surface area contributed by atoms with Gasteiger partial charge in [0.2, 0.25) is 0 Å². The molecule has 0 bridgehead atoms. The van der Waals surface area contributed by atoms with Crippen molar-refractivity contribution in [2.45, 2.75) is 31.1 Å². The van der Waals surface area contributed by atoms with E-state index in [1.807, 2.05) is 0 Å². The molecule has 1 aromatic heterocycles. The van der Waals surface area contributed by atoms with Gasteiger partial charge in [-0.3, -0.25) is 0 Å². The van der Waals surface area contributed by atoms with Crippen LogP contribution >= 0.6 is 0 Å². The highest BCUT2D eigenvalue weighted by Gasteiger charge is 2.44. The molecule has 0 N–H and O–H groups in total. The normalized spacial score (nSPS) is 14.0. The average Bonchev–Trinajstić information content (AvgIpc) is 3.96. The van der Waals surface area contributed by atoms with E-state index in [1.165, 1.54) is 92.0 Å². The van der Waals surface area contributed by atoms with E-state index in [2.05, 4.69) is 204 Å². The van der Waals surface area contributed by atoms with Crippen molar-refractivity contribution >= 4 is 38.9 Å². The highest BCUT2D eigenvalue weighted by atomic mass is 15.1. The molecule has 2 aliphatic carbocycles. The van der Waals surface area contributed by atoms with Crippen molar-refractivity contribution in [2.24, 2.45) is 0 Å². The molecule has 1 spiro atoms. The molecule has 0 radical (unpaired) electrons. The summed E-state index contributed by atoms with van der Waals surface area (Å²) in [6.45, 7) is 0. The second-order valence-corrected chi connectivity index (χ2v) is 15.3. The fraction of sp³-hybridized carbons (Fsp3) is 0.0943. The molecule has 0 aliphatic heterocycles. The third kappa shape index (κ3) is 5.02. The summed E-state index contributed by atoms with van der Waals surface area (Å²) in [5.74, 6) is 0. The van der Waals surface area contributed by atoms with Crippen molar-refractivity contribution < 1.29 is 0 Å². The van der Waals surface area contributed by atoms with E-state index in [4.69, 9.17) is 0 Å². The Morgan fingerprint density at radius 1 is 0.400 bits per heavy atom. The Bertz CT molecular complexity index is 2860. The molecule has 2 aliphatic rings. The molecular formula is C53H40N2. The topological polar surface area (TPSA) is 8.17 Å². The molecule has 262 valence electrons. The molecule has 0 atom stereocenters. The van der Waals surface area contributed by atoms with Crippen molar-refractivity contribution in [2.75, 3.05) is 4.90 Å².